The molecule has 3 heterocycles. The van der Waals surface area contributed by atoms with Crippen molar-refractivity contribution in [2.24, 2.45) is 0 Å². The first-order valence-corrected chi connectivity index (χ1v) is 9.35. The number of morpholine rings is 2. The van der Waals surface area contributed by atoms with Gasteiger partial charge >= 0.3 is 6.03 Å². The quantitative estimate of drug-likeness (QED) is 0.795. The zero-order valence-corrected chi connectivity index (χ0v) is 16.2. The summed E-state index contributed by atoms with van der Waals surface area (Å²) in [6.07, 6.45) is 1.20. The number of anilines is 1. The molecule has 30 heavy (non-hydrogen) atoms. The minimum atomic E-state index is -1.21. The zero-order valence-electron chi connectivity index (χ0n) is 16.2. The van der Waals surface area contributed by atoms with E-state index in [0.29, 0.717) is 18.3 Å². The molecule has 2 aliphatic rings. The van der Waals surface area contributed by atoms with E-state index in [0.717, 1.165) is 12.1 Å². The van der Waals surface area contributed by atoms with Crippen LogP contribution in [0.1, 0.15) is 16.2 Å². The number of urea groups is 1. The van der Waals surface area contributed by atoms with Gasteiger partial charge in [0, 0.05) is 19.2 Å². The summed E-state index contributed by atoms with van der Waals surface area (Å²) >= 11 is 0. The minimum Gasteiger partial charge on any atom is -0.438 e. The first kappa shape index (κ1) is 20.2. The number of oxazole rings is 1. The molecule has 2 aromatic rings. The molecular formula is C19H20F2N4O5. The lowest BCUT2D eigenvalue weighted by Gasteiger charge is -2.47. The van der Waals surface area contributed by atoms with Crippen LogP contribution in [0.5, 0.6) is 0 Å². The van der Waals surface area contributed by atoms with Crippen LogP contribution >= 0.6 is 0 Å². The number of benzene rings is 1. The number of carbonyl (C=O) groups excluding carboxylic acids is 2. The van der Waals surface area contributed by atoms with Crippen LogP contribution in [0.4, 0.5) is 19.3 Å². The lowest BCUT2D eigenvalue weighted by atomic mass is 10.1. The van der Waals surface area contributed by atoms with E-state index in [1.807, 2.05) is 0 Å². The van der Waals surface area contributed by atoms with Crippen LogP contribution in [0.25, 0.3) is 0 Å². The van der Waals surface area contributed by atoms with Gasteiger partial charge in [-0.2, -0.15) is 0 Å². The Morgan fingerprint density at radius 2 is 1.83 bits per heavy atom. The highest BCUT2D eigenvalue weighted by molar-refractivity contribution is 5.92. The maximum Gasteiger partial charge on any atom is 0.322 e. The number of hydrogen-bond donors (Lipinski definition) is 1. The average Bonchev–Trinajstić information content (AvgIpc) is 3.15. The van der Waals surface area contributed by atoms with Crippen molar-refractivity contribution in [3.8, 4) is 0 Å². The maximum absolute atomic E-state index is 13.9. The number of amides is 3. The molecule has 1 spiro atoms. The van der Waals surface area contributed by atoms with E-state index in [9.17, 15) is 18.4 Å². The summed E-state index contributed by atoms with van der Waals surface area (Å²) in [6.45, 7) is 2.74. The molecule has 0 aliphatic carbocycles. The normalized spacial score (nSPS) is 21.7. The number of rotatable bonds is 2. The van der Waals surface area contributed by atoms with Crippen LogP contribution < -0.4 is 5.32 Å². The van der Waals surface area contributed by atoms with Gasteiger partial charge in [-0.1, -0.05) is 0 Å². The lowest BCUT2D eigenvalue weighted by Crippen LogP contribution is -2.64. The summed E-state index contributed by atoms with van der Waals surface area (Å²) in [5, 5.41) is 2.42. The van der Waals surface area contributed by atoms with E-state index in [1.54, 1.807) is 6.92 Å². The number of aryl methyl sites for hydroxylation is 1. The number of ether oxygens (including phenoxy) is 2. The molecule has 4 rings (SSSR count). The molecule has 0 radical (unpaired) electrons. The Bertz CT molecular complexity index is 964. The second-order valence-corrected chi connectivity index (χ2v) is 7.08. The van der Waals surface area contributed by atoms with E-state index in [-0.39, 0.29) is 50.2 Å². The van der Waals surface area contributed by atoms with E-state index >= 15 is 0 Å². The van der Waals surface area contributed by atoms with Gasteiger partial charge in [-0.05, 0) is 19.1 Å². The van der Waals surface area contributed by atoms with Crippen LogP contribution in [-0.4, -0.2) is 71.9 Å². The summed E-state index contributed by atoms with van der Waals surface area (Å²) in [6, 6.07) is 2.31. The topological polar surface area (TPSA) is 97.1 Å². The highest BCUT2D eigenvalue weighted by Crippen LogP contribution is 2.27. The van der Waals surface area contributed by atoms with Crippen molar-refractivity contribution in [2.45, 2.75) is 12.7 Å². The molecule has 1 atom stereocenters. The molecule has 160 valence electrons. The first-order chi connectivity index (χ1) is 14.4. The van der Waals surface area contributed by atoms with Crippen LogP contribution in [0.3, 0.4) is 0 Å². The van der Waals surface area contributed by atoms with Gasteiger partial charge in [-0.15, -0.1) is 0 Å². The van der Waals surface area contributed by atoms with E-state index in [2.05, 4.69) is 10.3 Å². The second kappa shape index (κ2) is 8.00. The summed E-state index contributed by atoms with van der Waals surface area (Å²) in [5.41, 5.74) is 0.344. The second-order valence-electron chi connectivity index (χ2n) is 7.08. The highest BCUT2D eigenvalue weighted by Gasteiger charge is 2.45. The van der Waals surface area contributed by atoms with E-state index < -0.39 is 23.5 Å². The molecule has 9 nitrogen and oxygen atoms in total. The highest BCUT2D eigenvalue weighted by atomic mass is 19.1. The molecule has 1 aromatic heterocycles. The molecule has 1 aromatic carbocycles. The predicted molar refractivity (Wildman–Crippen MR) is 98.7 cm³/mol. The summed E-state index contributed by atoms with van der Waals surface area (Å²) in [4.78, 5) is 32.2. The molecule has 2 saturated heterocycles. The summed E-state index contributed by atoms with van der Waals surface area (Å²) in [7, 11) is 0. The number of aromatic nitrogens is 1. The molecule has 1 unspecified atom stereocenters. The standard InChI is InChI=1S/C19H20F2N4O5/c1-12-16(28-11-22-12)17(26)24-4-6-29-19(9-24)10-25(5-7-30-19)18(27)23-15-3-2-13(20)8-14(15)21/h2-3,8,11H,4-7,9-10H2,1H3,(H,23,27). The Labute approximate surface area is 170 Å². The zero-order chi connectivity index (χ0) is 21.3. The van der Waals surface area contributed by atoms with Crippen LogP contribution in [0.2, 0.25) is 0 Å². The van der Waals surface area contributed by atoms with Gasteiger partial charge in [0.15, 0.2) is 6.39 Å². The van der Waals surface area contributed by atoms with Crippen molar-refractivity contribution in [1.82, 2.24) is 14.8 Å². The van der Waals surface area contributed by atoms with Crippen molar-refractivity contribution in [3.63, 3.8) is 0 Å². The maximum atomic E-state index is 13.9. The number of nitrogens with one attached hydrogen (secondary N) is 1. The molecule has 2 aliphatic heterocycles. The smallest absolute Gasteiger partial charge is 0.322 e. The number of carbonyl (C=O) groups is 2. The molecular weight excluding hydrogens is 402 g/mol. The molecule has 2 fully saturated rings. The van der Waals surface area contributed by atoms with Crippen molar-refractivity contribution >= 4 is 17.6 Å². The third-order valence-electron chi connectivity index (χ3n) is 5.00. The van der Waals surface area contributed by atoms with E-state index in [1.165, 1.54) is 16.2 Å². The Balaban J connectivity index is 1.45. The Hall–Kier alpha value is -3.05. The van der Waals surface area contributed by atoms with Gasteiger partial charge in [0.2, 0.25) is 11.5 Å². The molecule has 3 amide bonds. The Morgan fingerprint density at radius 3 is 2.50 bits per heavy atom. The van der Waals surface area contributed by atoms with Gasteiger partial charge in [0.05, 0.1) is 37.7 Å². The third-order valence-corrected chi connectivity index (χ3v) is 5.00. The number of hydrogen-bond acceptors (Lipinski definition) is 6. The first-order valence-electron chi connectivity index (χ1n) is 9.35. The van der Waals surface area contributed by atoms with Gasteiger partial charge in [0.25, 0.3) is 5.91 Å². The SMILES string of the molecule is Cc1ncoc1C(=O)N1CCOC2(CN(C(=O)Nc3ccc(F)cc3F)CCO2)C1. The number of nitrogens with zero attached hydrogens (tertiary/aromatic N) is 3. The van der Waals surface area contributed by atoms with Gasteiger partial charge in [-0.25, -0.2) is 18.6 Å². The fourth-order valence-corrected chi connectivity index (χ4v) is 3.48. The summed E-state index contributed by atoms with van der Waals surface area (Å²) in [5.74, 6) is -3.02. The van der Waals surface area contributed by atoms with Gasteiger partial charge in [0.1, 0.15) is 11.6 Å². The fourth-order valence-electron chi connectivity index (χ4n) is 3.48. The lowest BCUT2D eigenvalue weighted by molar-refractivity contribution is -0.281. The Kier molecular flexibility index (Phi) is 5.39. The molecule has 11 heteroatoms. The average molecular weight is 422 g/mol. The van der Waals surface area contributed by atoms with Crippen molar-refractivity contribution in [2.75, 3.05) is 44.7 Å². The monoisotopic (exact) mass is 422 g/mol. The van der Waals surface area contributed by atoms with E-state index in [4.69, 9.17) is 13.9 Å². The van der Waals surface area contributed by atoms with Crippen LogP contribution in [-0.2, 0) is 9.47 Å². The van der Waals surface area contributed by atoms with Crippen LogP contribution in [0, 0.1) is 18.6 Å². The van der Waals surface area contributed by atoms with Gasteiger partial charge < -0.3 is 29.0 Å². The van der Waals surface area contributed by atoms with Gasteiger partial charge in [-0.3, -0.25) is 4.79 Å². The number of halogens is 2. The van der Waals surface area contributed by atoms with Crippen LogP contribution in [0.15, 0.2) is 29.0 Å². The third kappa shape index (κ3) is 3.98. The fraction of sp³-hybridized carbons (Fsp3) is 0.421. The van der Waals surface area contributed by atoms with Crippen molar-refractivity contribution in [1.29, 1.82) is 0 Å². The van der Waals surface area contributed by atoms with Crippen molar-refractivity contribution < 1.29 is 32.3 Å². The summed E-state index contributed by atoms with van der Waals surface area (Å²) < 4.78 is 43.7. The minimum absolute atomic E-state index is 0.0286. The van der Waals surface area contributed by atoms with Crippen molar-refractivity contribution in [3.05, 3.63) is 47.7 Å². The molecule has 0 saturated carbocycles. The molecule has 1 N–H and O–H groups in total. The molecule has 0 bridgehead atoms. The Morgan fingerprint density at radius 1 is 1.13 bits per heavy atom. The predicted octanol–water partition coefficient (Wildman–Crippen LogP) is 1.99. The largest absolute Gasteiger partial charge is 0.438 e.